The van der Waals surface area contributed by atoms with Gasteiger partial charge in [0.1, 0.15) is 6.10 Å². The fourth-order valence-corrected chi connectivity index (χ4v) is 7.25. The van der Waals surface area contributed by atoms with Gasteiger partial charge in [0, 0.05) is 11.8 Å². The molecule has 0 amide bonds. The highest BCUT2D eigenvalue weighted by atomic mass is 19.3. The van der Waals surface area contributed by atoms with Crippen molar-refractivity contribution < 1.29 is 13.9 Å². The van der Waals surface area contributed by atoms with E-state index in [-0.39, 0.29) is 12.3 Å². The lowest BCUT2D eigenvalue weighted by Crippen LogP contribution is -2.53. The van der Waals surface area contributed by atoms with Gasteiger partial charge in [-0.25, -0.2) is 8.78 Å². The number of alkyl halides is 2. The summed E-state index contributed by atoms with van der Waals surface area (Å²) in [7, 11) is 0. The molecule has 0 bridgehead atoms. The summed E-state index contributed by atoms with van der Waals surface area (Å²) in [6.07, 6.45) is 8.00. The van der Waals surface area contributed by atoms with Crippen molar-refractivity contribution in [3.63, 3.8) is 0 Å². The number of hydrogen-bond donors (Lipinski definition) is 1. The summed E-state index contributed by atoms with van der Waals surface area (Å²) in [4.78, 5) is 0. The van der Waals surface area contributed by atoms with Gasteiger partial charge in [0.2, 0.25) is 0 Å². The van der Waals surface area contributed by atoms with Crippen molar-refractivity contribution in [3.05, 3.63) is 0 Å². The molecule has 3 heteroatoms. The average Bonchev–Trinajstić information content (AvgIpc) is 2.66. The summed E-state index contributed by atoms with van der Waals surface area (Å²) >= 11 is 0. The standard InChI is InChI=1S/C19H30F2O/c1-17-9-4-3-5-12(17)6-7-13-14(17)8-10-18(2)15(13)11-19(20,21)16(18)22/h12-16,22H,3-11H2,1-2H3/t12-,13-,14+,15+,16?,17+,18+/m1/s1. The third-order valence-electron chi connectivity index (χ3n) is 8.54. The van der Waals surface area contributed by atoms with Crippen LogP contribution < -0.4 is 0 Å². The van der Waals surface area contributed by atoms with Crippen LogP contribution in [0.1, 0.15) is 71.6 Å². The molecule has 0 aromatic rings. The summed E-state index contributed by atoms with van der Waals surface area (Å²) in [5.74, 6) is -1.000. The van der Waals surface area contributed by atoms with E-state index in [9.17, 15) is 13.9 Å². The van der Waals surface area contributed by atoms with Crippen LogP contribution in [0.3, 0.4) is 0 Å². The lowest BCUT2D eigenvalue weighted by Gasteiger charge is -2.60. The predicted octanol–water partition coefficient (Wildman–Crippen LogP) is 5.03. The molecule has 4 aliphatic rings. The molecule has 1 nitrogen and oxygen atoms in total. The van der Waals surface area contributed by atoms with E-state index in [0.717, 1.165) is 25.2 Å². The predicted molar refractivity (Wildman–Crippen MR) is 82.7 cm³/mol. The highest BCUT2D eigenvalue weighted by Gasteiger charge is 2.67. The van der Waals surface area contributed by atoms with Crippen LogP contribution in [0, 0.1) is 34.5 Å². The molecule has 1 N–H and O–H groups in total. The van der Waals surface area contributed by atoms with Gasteiger partial charge in [-0.1, -0.05) is 26.7 Å². The van der Waals surface area contributed by atoms with E-state index in [1.165, 1.54) is 32.1 Å². The van der Waals surface area contributed by atoms with Gasteiger partial charge in [0.25, 0.3) is 5.92 Å². The summed E-state index contributed by atoms with van der Waals surface area (Å²) in [6, 6.07) is 0. The number of rotatable bonds is 0. The third kappa shape index (κ3) is 1.84. The van der Waals surface area contributed by atoms with Gasteiger partial charge < -0.3 is 5.11 Å². The highest BCUT2D eigenvalue weighted by Crippen LogP contribution is 2.68. The second kappa shape index (κ2) is 4.68. The van der Waals surface area contributed by atoms with Crippen LogP contribution in [-0.4, -0.2) is 17.1 Å². The molecule has 126 valence electrons. The topological polar surface area (TPSA) is 20.2 Å². The number of fused-ring (bicyclic) bond motifs is 5. The molecule has 4 aliphatic carbocycles. The van der Waals surface area contributed by atoms with Gasteiger partial charge in [0.05, 0.1) is 0 Å². The first kappa shape index (κ1) is 15.4. The summed E-state index contributed by atoms with van der Waals surface area (Å²) in [5, 5.41) is 10.2. The van der Waals surface area contributed by atoms with Crippen LogP contribution in [0.2, 0.25) is 0 Å². The van der Waals surface area contributed by atoms with Crippen molar-refractivity contribution >= 4 is 0 Å². The van der Waals surface area contributed by atoms with E-state index < -0.39 is 17.4 Å². The lowest BCUT2D eigenvalue weighted by atomic mass is 9.45. The quantitative estimate of drug-likeness (QED) is 0.665. The second-order valence-electron chi connectivity index (χ2n) is 9.31. The number of hydrogen-bond acceptors (Lipinski definition) is 1. The van der Waals surface area contributed by atoms with Gasteiger partial charge >= 0.3 is 0 Å². The summed E-state index contributed by atoms with van der Waals surface area (Å²) in [5.41, 5.74) is -0.173. The summed E-state index contributed by atoms with van der Waals surface area (Å²) in [6.45, 7) is 4.40. The van der Waals surface area contributed by atoms with E-state index in [2.05, 4.69) is 6.92 Å². The number of aliphatic hydroxyl groups is 1. The first-order chi connectivity index (χ1) is 10.3. The molecule has 4 saturated carbocycles. The maximum atomic E-state index is 14.2. The highest BCUT2D eigenvalue weighted by molar-refractivity contribution is 5.12. The van der Waals surface area contributed by atoms with Gasteiger partial charge in [-0.2, -0.15) is 0 Å². The minimum Gasteiger partial charge on any atom is -0.386 e. The smallest absolute Gasteiger partial charge is 0.274 e. The second-order valence-corrected chi connectivity index (χ2v) is 9.31. The maximum absolute atomic E-state index is 14.2. The van der Waals surface area contributed by atoms with Crippen LogP contribution >= 0.6 is 0 Å². The largest absolute Gasteiger partial charge is 0.386 e. The molecule has 0 heterocycles. The molecule has 0 saturated heterocycles. The fourth-order valence-electron chi connectivity index (χ4n) is 7.25. The Labute approximate surface area is 132 Å². The van der Waals surface area contributed by atoms with Crippen LogP contribution in [0.15, 0.2) is 0 Å². The van der Waals surface area contributed by atoms with Crippen molar-refractivity contribution in [2.24, 2.45) is 34.5 Å². The summed E-state index contributed by atoms with van der Waals surface area (Å²) < 4.78 is 28.4. The molecular formula is C19H30F2O. The molecule has 0 aromatic heterocycles. The van der Waals surface area contributed by atoms with Crippen molar-refractivity contribution in [2.45, 2.75) is 83.7 Å². The molecule has 22 heavy (non-hydrogen) atoms. The monoisotopic (exact) mass is 312 g/mol. The van der Waals surface area contributed by atoms with E-state index in [4.69, 9.17) is 0 Å². The van der Waals surface area contributed by atoms with Crippen LogP contribution in [0.5, 0.6) is 0 Å². The Morgan fingerprint density at radius 3 is 2.41 bits per heavy atom. The Kier molecular flexibility index (Phi) is 3.26. The van der Waals surface area contributed by atoms with Gasteiger partial charge in [-0.3, -0.25) is 0 Å². The average molecular weight is 312 g/mol. The Morgan fingerprint density at radius 1 is 0.864 bits per heavy atom. The zero-order valence-corrected chi connectivity index (χ0v) is 14.0. The maximum Gasteiger partial charge on any atom is 0.274 e. The zero-order chi connectivity index (χ0) is 15.8. The van der Waals surface area contributed by atoms with Crippen molar-refractivity contribution in [3.8, 4) is 0 Å². The Balaban J connectivity index is 1.67. The van der Waals surface area contributed by atoms with Crippen molar-refractivity contribution in [1.29, 1.82) is 0 Å². The van der Waals surface area contributed by atoms with Crippen LogP contribution in [0.25, 0.3) is 0 Å². The number of halogens is 2. The lowest BCUT2D eigenvalue weighted by molar-refractivity contribution is -0.141. The molecule has 0 radical (unpaired) electrons. The Bertz CT molecular complexity index is 464. The fraction of sp³-hybridized carbons (Fsp3) is 1.00. The number of aliphatic hydroxyl groups excluding tert-OH is 1. The van der Waals surface area contributed by atoms with E-state index >= 15 is 0 Å². The molecule has 4 fully saturated rings. The van der Waals surface area contributed by atoms with E-state index in [0.29, 0.717) is 17.3 Å². The minimum atomic E-state index is -2.88. The third-order valence-corrected chi connectivity index (χ3v) is 8.54. The zero-order valence-electron chi connectivity index (χ0n) is 14.0. The van der Waals surface area contributed by atoms with Gasteiger partial charge in [-0.15, -0.1) is 0 Å². The molecule has 0 aliphatic heterocycles. The first-order valence-electron chi connectivity index (χ1n) is 9.35. The van der Waals surface area contributed by atoms with E-state index in [1.807, 2.05) is 6.92 Å². The Morgan fingerprint density at radius 2 is 1.64 bits per heavy atom. The molecule has 4 rings (SSSR count). The van der Waals surface area contributed by atoms with Crippen molar-refractivity contribution in [2.75, 3.05) is 0 Å². The molecule has 1 unspecified atom stereocenters. The van der Waals surface area contributed by atoms with Gasteiger partial charge in [0.15, 0.2) is 0 Å². The minimum absolute atomic E-state index is 0.0240. The first-order valence-corrected chi connectivity index (χ1v) is 9.35. The SMILES string of the molecule is C[C@]12CCCC[C@@H]1CC[C@@H]1[C@@H]2CC[C@]2(C)C(O)C(F)(F)C[C@@H]12. The Hall–Kier alpha value is -0.180. The van der Waals surface area contributed by atoms with Gasteiger partial charge in [-0.05, 0) is 67.6 Å². The van der Waals surface area contributed by atoms with Crippen LogP contribution in [-0.2, 0) is 0 Å². The molecular weight excluding hydrogens is 282 g/mol. The van der Waals surface area contributed by atoms with Crippen molar-refractivity contribution in [1.82, 2.24) is 0 Å². The van der Waals surface area contributed by atoms with E-state index in [1.54, 1.807) is 0 Å². The molecule has 0 aromatic carbocycles. The van der Waals surface area contributed by atoms with Crippen LogP contribution in [0.4, 0.5) is 8.78 Å². The molecule has 0 spiro atoms. The molecule has 7 atom stereocenters. The normalized spacial score (nSPS) is 56.9.